The Morgan fingerprint density at radius 1 is 1.37 bits per heavy atom. The molecule has 0 atom stereocenters. The van der Waals surface area contributed by atoms with Crippen molar-refractivity contribution in [1.82, 2.24) is 4.57 Å². The van der Waals surface area contributed by atoms with E-state index >= 15 is 0 Å². The predicted molar refractivity (Wildman–Crippen MR) is 74.0 cm³/mol. The minimum absolute atomic E-state index is 0.556. The summed E-state index contributed by atoms with van der Waals surface area (Å²) < 4.78 is 7.38. The topological polar surface area (TPSA) is 64.0 Å². The lowest BCUT2D eigenvalue weighted by atomic mass is 10.1. The van der Waals surface area contributed by atoms with E-state index in [1.54, 1.807) is 13.2 Å². The molecule has 0 radical (unpaired) electrons. The molecule has 0 fully saturated rings. The summed E-state index contributed by atoms with van der Waals surface area (Å²) in [7, 11) is 1.58. The molecule has 0 amide bonds. The smallest absolute Gasteiger partial charge is 0.136 e. The highest BCUT2D eigenvalue weighted by atomic mass is 16.5. The maximum Gasteiger partial charge on any atom is 0.136 e. The van der Waals surface area contributed by atoms with Gasteiger partial charge in [-0.05, 0) is 42.8 Å². The number of hydrogen-bond acceptors (Lipinski definition) is 3. The molecule has 0 aliphatic carbocycles. The maximum absolute atomic E-state index is 8.96. The lowest BCUT2D eigenvalue weighted by molar-refractivity contribution is 0.413. The standard InChI is InChI=1S/C15H17N3O/c1-19-15-9-12(4-5-13(15)10-17)11-18-8-2-3-14(18)6-7-16/h2-5,8-9H,6-7,11,16H2,1H3. The Morgan fingerprint density at radius 2 is 2.21 bits per heavy atom. The molecule has 4 nitrogen and oxygen atoms in total. The summed E-state index contributed by atoms with van der Waals surface area (Å²) in [6.45, 7) is 1.39. The summed E-state index contributed by atoms with van der Waals surface area (Å²) in [5.41, 5.74) is 8.47. The number of methoxy groups -OCH3 is 1. The van der Waals surface area contributed by atoms with Crippen LogP contribution in [0.3, 0.4) is 0 Å². The molecule has 0 unspecified atom stereocenters. The SMILES string of the molecule is COc1cc(Cn2cccc2CCN)ccc1C#N. The van der Waals surface area contributed by atoms with Crippen molar-refractivity contribution >= 4 is 0 Å². The number of aromatic nitrogens is 1. The van der Waals surface area contributed by atoms with Crippen molar-refractivity contribution in [3.8, 4) is 11.8 Å². The molecule has 1 heterocycles. The van der Waals surface area contributed by atoms with Crippen molar-refractivity contribution in [2.45, 2.75) is 13.0 Å². The van der Waals surface area contributed by atoms with E-state index in [0.717, 1.165) is 18.5 Å². The van der Waals surface area contributed by atoms with Crippen molar-refractivity contribution in [3.05, 3.63) is 53.3 Å². The van der Waals surface area contributed by atoms with Gasteiger partial charge in [0.25, 0.3) is 0 Å². The average molecular weight is 255 g/mol. The molecular weight excluding hydrogens is 238 g/mol. The Hall–Kier alpha value is -2.25. The highest BCUT2D eigenvalue weighted by molar-refractivity contribution is 5.45. The summed E-state index contributed by atoms with van der Waals surface area (Å²) in [6, 6.07) is 11.9. The fraction of sp³-hybridized carbons (Fsp3) is 0.267. The van der Waals surface area contributed by atoms with Crippen molar-refractivity contribution in [2.75, 3.05) is 13.7 Å². The molecule has 0 aliphatic rings. The first kappa shape index (κ1) is 13.2. The van der Waals surface area contributed by atoms with E-state index < -0.39 is 0 Å². The van der Waals surface area contributed by atoms with Gasteiger partial charge in [-0.25, -0.2) is 0 Å². The molecule has 0 saturated carbocycles. The largest absolute Gasteiger partial charge is 0.495 e. The molecule has 2 rings (SSSR count). The summed E-state index contributed by atoms with van der Waals surface area (Å²) in [5.74, 6) is 0.618. The van der Waals surface area contributed by atoms with Gasteiger partial charge in [-0.1, -0.05) is 6.07 Å². The number of nitrogens with zero attached hydrogens (tertiary/aromatic N) is 2. The van der Waals surface area contributed by atoms with Gasteiger partial charge in [-0.2, -0.15) is 5.26 Å². The van der Waals surface area contributed by atoms with Crippen LogP contribution in [0, 0.1) is 11.3 Å². The van der Waals surface area contributed by atoms with Crippen LogP contribution in [0.25, 0.3) is 0 Å². The molecule has 0 aliphatic heterocycles. The van der Waals surface area contributed by atoms with E-state index in [4.69, 9.17) is 15.7 Å². The summed E-state index contributed by atoms with van der Waals surface area (Å²) >= 11 is 0. The quantitative estimate of drug-likeness (QED) is 0.887. The van der Waals surface area contributed by atoms with E-state index in [-0.39, 0.29) is 0 Å². The van der Waals surface area contributed by atoms with E-state index in [1.165, 1.54) is 5.69 Å². The lowest BCUT2D eigenvalue weighted by Crippen LogP contribution is -2.09. The van der Waals surface area contributed by atoms with E-state index in [0.29, 0.717) is 17.9 Å². The predicted octanol–water partition coefficient (Wildman–Crippen LogP) is 1.92. The molecule has 2 aromatic rings. The van der Waals surface area contributed by atoms with Crippen molar-refractivity contribution in [3.63, 3.8) is 0 Å². The number of benzene rings is 1. The molecule has 4 heteroatoms. The Bertz CT molecular complexity index is 596. The van der Waals surface area contributed by atoms with Gasteiger partial charge in [0.15, 0.2) is 0 Å². The third-order valence-electron chi connectivity index (χ3n) is 3.06. The summed E-state index contributed by atoms with van der Waals surface area (Å²) in [4.78, 5) is 0. The zero-order valence-corrected chi connectivity index (χ0v) is 11.0. The first-order valence-corrected chi connectivity index (χ1v) is 6.19. The third kappa shape index (κ3) is 2.95. The Balaban J connectivity index is 2.24. The van der Waals surface area contributed by atoms with E-state index in [1.807, 2.05) is 24.4 Å². The molecule has 1 aromatic heterocycles. The highest BCUT2D eigenvalue weighted by Crippen LogP contribution is 2.20. The van der Waals surface area contributed by atoms with Gasteiger partial charge < -0.3 is 15.0 Å². The Morgan fingerprint density at radius 3 is 2.89 bits per heavy atom. The van der Waals surface area contributed by atoms with Gasteiger partial charge in [-0.3, -0.25) is 0 Å². The summed E-state index contributed by atoms with van der Waals surface area (Å²) in [6.07, 6.45) is 2.90. The first-order valence-electron chi connectivity index (χ1n) is 6.19. The molecule has 0 saturated heterocycles. The number of ether oxygens (including phenoxy) is 1. The fourth-order valence-corrected chi connectivity index (χ4v) is 2.10. The van der Waals surface area contributed by atoms with Crippen LogP contribution in [0.15, 0.2) is 36.5 Å². The molecule has 1 aromatic carbocycles. The monoisotopic (exact) mass is 255 g/mol. The lowest BCUT2D eigenvalue weighted by Gasteiger charge is -2.10. The van der Waals surface area contributed by atoms with Gasteiger partial charge >= 0.3 is 0 Å². The minimum Gasteiger partial charge on any atom is -0.495 e. The second-order valence-corrected chi connectivity index (χ2v) is 4.31. The summed E-state index contributed by atoms with van der Waals surface area (Å²) in [5, 5.41) is 8.96. The zero-order valence-electron chi connectivity index (χ0n) is 11.0. The van der Waals surface area contributed by atoms with Crippen molar-refractivity contribution < 1.29 is 4.74 Å². The average Bonchev–Trinajstić information content (AvgIpc) is 2.86. The second kappa shape index (κ2) is 6.07. The van der Waals surface area contributed by atoms with Crippen LogP contribution in [0.5, 0.6) is 5.75 Å². The van der Waals surface area contributed by atoms with Gasteiger partial charge in [-0.15, -0.1) is 0 Å². The zero-order chi connectivity index (χ0) is 13.7. The number of hydrogen-bond donors (Lipinski definition) is 1. The maximum atomic E-state index is 8.96. The number of nitrogens with two attached hydrogens (primary N) is 1. The van der Waals surface area contributed by atoms with E-state index in [2.05, 4.69) is 16.7 Å². The first-order chi connectivity index (χ1) is 9.28. The number of rotatable bonds is 5. The minimum atomic E-state index is 0.556. The third-order valence-corrected chi connectivity index (χ3v) is 3.06. The molecule has 19 heavy (non-hydrogen) atoms. The van der Waals surface area contributed by atoms with Gasteiger partial charge in [0.2, 0.25) is 0 Å². The van der Waals surface area contributed by atoms with Crippen LogP contribution < -0.4 is 10.5 Å². The molecule has 2 N–H and O–H groups in total. The molecular formula is C15H17N3O. The van der Waals surface area contributed by atoms with Crippen LogP contribution in [0.4, 0.5) is 0 Å². The van der Waals surface area contributed by atoms with Crippen molar-refractivity contribution in [1.29, 1.82) is 5.26 Å². The van der Waals surface area contributed by atoms with Crippen LogP contribution >= 0.6 is 0 Å². The molecule has 98 valence electrons. The second-order valence-electron chi connectivity index (χ2n) is 4.31. The van der Waals surface area contributed by atoms with Gasteiger partial charge in [0.1, 0.15) is 11.8 Å². The van der Waals surface area contributed by atoms with Crippen LogP contribution in [-0.4, -0.2) is 18.2 Å². The Labute approximate surface area is 113 Å². The van der Waals surface area contributed by atoms with Gasteiger partial charge in [0, 0.05) is 18.4 Å². The van der Waals surface area contributed by atoms with E-state index in [9.17, 15) is 0 Å². The van der Waals surface area contributed by atoms with Crippen LogP contribution in [-0.2, 0) is 13.0 Å². The fourth-order valence-electron chi connectivity index (χ4n) is 2.10. The highest BCUT2D eigenvalue weighted by Gasteiger charge is 2.06. The number of nitriles is 1. The van der Waals surface area contributed by atoms with Crippen molar-refractivity contribution in [2.24, 2.45) is 5.73 Å². The van der Waals surface area contributed by atoms with Gasteiger partial charge in [0.05, 0.1) is 12.7 Å². The Kier molecular flexibility index (Phi) is 4.22. The molecule has 0 spiro atoms. The normalized spacial score (nSPS) is 10.2. The van der Waals surface area contributed by atoms with Crippen LogP contribution in [0.2, 0.25) is 0 Å². The molecule has 0 bridgehead atoms. The van der Waals surface area contributed by atoms with Crippen LogP contribution in [0.1, 0.15) is 16.8 Å².